The van der Waals surface area contributed by atoms with Crippen molar-refractivity contribution in [3.63, 3.8) is 0 Å². The first kappa shape index (κ1) is 12.1. The van der Waals surface area contributed by atoms with Gasteiger partial charge < -0.3 is 10.6 Å². The molecule has 0 saturated heterocycles. The largest absolute Gasteiger partial charge is 0.398 e. The maximum absolute atomic E-state index is 6.08. The molecule has 1 aliphatic heterocycles. The van der Waals surface area contributed by atoms with Gasteiger partial charge in [-0.25, -0.2) is 0 Å². The second-order valence-electron chi connectivity index (χ2n) is 5.22. The van der Waals surface area contributed by atoms with Crippen molar-refractivity contribution < 1.29 is 0 Å². The van der Waals surface area contributed by atoms with Gasteiger partial charge >= 0.3 is 0 Å². The quantitative estimate of drug-likeness (QED) is 0.843. The molecule has 98 valence electrons. The summed E-state index contributed by atoms with van der Waals surface area (Å²) in [6.07, 6.45) is 2.32. The summed E-state index contributed by atoms with van der Waals surface area (Å²) in [5.41, 5.74) is 12.5. The van der Waals surface area contributed by atoms with Gasteiger partial charge in [0.1, 0.15) is 0 Å². The highest BCUT2D eigenvalue weighted by molar-refractivity contribution is 5.62. The molecular weight excluding hydrogens is 232 g/mol. The minimum atomic E-state index is 0.924. The van der Waals surface area contributed by atoms with Crippen LogP contribution in [-0.2, 0) is 19.5 Å². The van der Waals surface area contributed by atoms with Crippen LogP contribution in [0.15, 0.2) is 42.5 Å². The lowest BCUT2D eigenvalue weighted by Crippen LogP contribution is -2.16. The summed E-state index contributed by atoms with van der Waals surface area (Å²) in [4.78, 5) is 2.44. The fraction of sp³-hybridized carbons (Fsp3) is 0.294. The van der Waals surface area contributed by atoms with Gasteiger partial charge in [0.25, 0.3) is 0 Å². The molecule has 2 aromatic carbocycles. The van der Waals surface area contributed by atoms with Crippen molar-refractivity contribution in [2.45, 2.75) is 32.9 Å². The van der Waals surface area contributed by atoms with E-state index in [2.05, 4.69) is 48.2 Å². The van der Waals surface area contributed by atoms with E-state index in [4.69, 9.17) is 5.73 Å². The van der Waals surface area contributed by atoms with Crippen LogP contribution in [0.3, 0.4) is 0 Å². The number of nitrogen functional groups attached to an aromatic ring is 1. The van der Waals surface area contributed by atoms with Crippen LogP contribution < -0.4 is 10.6 Å². The molecule has 3 rings (SSSR count). The molecule has 0 aliphatic carbocycles. The lowest BCUT2D eigenvalue weighted by atomic mass is 10.1. The van der Waals surface area contributed by atoms with Crippen molar-refractivity contribution in [1.82, 2.24) is 0 Å². The first-order chi connectivity index (χ1) is 9.29. The van der Waals surface area contributed by atoms with Crippen molar-refractivity contribution in [1.29, 1.82) is 0 Å². The Hall–Kier alpha value is -1.96. The summed E-state index contributed by atoms with van der Waals surface area (Å²) in [5.74, 6) is 0. The van der Waals surface area contributed by atoms with Crippen LogP contribution in [-0.4, -0.2) is 0 Å². The number of rotatable bonds is 3. The fourth-order valence-electron chi connectivity index (χ4n) is 2.92. The van der Waals surface area contributed by atoms with Gasteiger partial charge in [0.05, 0.1) is 0 Å². The summed E-state index contributed by atoms with van der Waals surface area (Å²) in [6, 6.07) is 15.0. The first-order valence-electron chi connectivity index (χ1n) is 6.98. The molecule has 0 spiro atoms. The van der Waals surface area contributed by atoms with E-state index >= 15 is 0 Å². The van der Waals surface area contributed by atoms with Crippen LogP contribution in [0.1, 0.15) is 30.0 Å². The van der Waals surface area contributed by atoms with Gasteiger partial charge in [0, 0.05) is 24.5 Å². The molecule has 0 bridgehead atoms. The number of fused-ring (bicyclic) bond motifs is 1. The third-order valence-corrected chi connectivity index (χ3v) is 3.87. The van der Waals surface area contributed by atoms with Gasteiger partial charge in [-0.05, 0) is 35.2 Å². The van der Waals surface area contributed by atoms with E-state index < -0.39 is 0 Å². The van der Waals surface area contributed by atoms with Crippen LogP contribution in [0.5, 0.6) is 0 Å². The minimum Gasteiger partial charge on any atom is -0.398 e. The number of benzene rings is 2. The van der Waals surface area contributed by atoms with Crippen LogP contribution in [0.2, 0.25) is 0 Å². The van der Waals surface area contributed by atoms with E-state index in [1.54, 1.807) is 0 Å². The Morgan fingerprint density at radius 3 is 2.68 bits per heavy atom. The number of aryl methyl sites for hydroxylation is 1. The summed E-state index contributed by atoms with van der Waals surface area (Å²) in [5, 5.41) is 0. The highest BCUT2D eigenvalue weighted by atomic mass is 15.1. The average Bonchev–Trinajstić information content (AvgIpc) is 2.85. The molecule has 0 aromatic heterocycles. The summed E-state index contributed by atoms with van der Waals surface area (Å²) in [7, 11) is 0. The maximum Gasteiger partial charge on any atom is 0.0457 e. The lowest BCUT2D eigenvalue weighted by molar-refractivity contribution is 0.849. The van der Waals surface area contributed by atoms with Crippen LogP contribution in [0.4, 0.5) is 11.4 Å². The Kier molecular flexibility index (Phi) is 3.16. The highest BCUT2D eigenvalue weighted by Gasteiger charge is 2.22. The Labute approximate surface area is 114 Å². The molecule has 1 aliphatic rings. The molecule has 0 atom stereocenters. The van der Waals surface area contributed by atoms with E-state index in [-0.39, 0.29) is 0 Å². The van der Waals surface area contributed by atoms with Crippen LogP contribution >= 0.6 is 0 Å². The molecule has 2 aromatic rings. The molecule has 2 N–H and O–H groups in total. The Balaban J connectivity index is 1.93. The number of hydrogen-bond acceptors (Lipinski definition) is 2. The standard InChI is InChI=1S/C17H20N2/c1-2-6-13-7-3-4-10-17(13)19-11-14-8-5-9-16(18)15(14)12-19/h3-5,7-10H,2,6,11-12,18H2,1H3. The summed E-state index contributed by atoms with van der Waals surface area (Å²) < 4.78 is 0. The molecular formula is C17H20N2. The minimum absolute atomic E-state index is 0.924. The molecule has 0 fully saturated rings. The second kappa shape index (κ2) is 4.96. The lowest BCUT2D eigenvalue weighted by Gasteiger charge is -2.21. The van der Waals surface area contributed by atoms with Crippen molar-refractivity contribution in [3.05, 3.63) is 59.2 Å². The number of hydrogen-bond donors (Lipinski definition) is 1. The van der Waals surface area contributed by atoms with E-state index in [0.717, 1.165) is 25.2 Å². The van der Waals surface area contributed by atoms with Crippen LogP contribution in [0, 0.1) is 0 Å². The topological polar surface area (TPSA) is 29.3 Å². The normalized spacial score (nSPS) is 13.6. The van der Waals surface area contributed by atoms with Gasteiger partial charge in [-0.3, -0.25) is 0 Å². The third-order valence-electron chi connectivity index (χ3n) is 3.87. The van der Waals surface area contributed by atoms with Gasteiger partial charge in [-0.1, -0.05) is 43.7 Å². The fourth-order valence-corrected chi connectivity index (χ4v) is 2.92. The molecule has 0 saturated carbocycles. The Morgan fingerprint density at radius 1 is 1.05 bits per heavy atom. The SMILES string of the molecule is CCCc1ccccc1N1Cc2cccc(N)c2C1. The number of nitrogens with two attached hydrogens (primary N) is 1. The van der Waals surface area contributed by atoms with E-state index in [9.17, 15) is 0 Å². The predicted octanol–water partition coefficient (Wildman–Crippen LogP) is 3.74. The molecule has 2 nitrogen and oxygen atoms in total. The van der Waals surface area contributed by atoms with Crippen LogP contribution in [0.25, 0.3) is 0 Å². The van der Waals surface area contributed by atoms with E-state index in [0.29, 0.717) is 0 Å². The highest BCUT2D eigenvalue weighted by Crippen LogP contribution is 2.33. The zero-order valence-corrected chi connectivity index (χ0v) is 11.4. The van der Waals surface area contributed by atoms with E-state index in [1.807, 2.05) is 6.07 Å². The maximum atomic E-state index is 6.08. The average molecular weight is 252 g/mol. The summed E-state index contributed by atoms with van der Waals surface area (Å²) >= 11 is 0. The molecule has 2 heteroatoms. The monoisotopic (exact) mass is 252 g/mol. The van der Waals surface area contributed by atoms with Gasteiger partial charge in [0.2, 0.25) is 0 Å². The zero-order chi connectivity index (χ0) is 13.2. The van der Waals surface area contributed by atoms with E-state index in [1.165, 1.54) is 28.8 Å². The Bertz CT molecular complexity index is 590. The number of anilines is 2. The molecule has 0 unspecified atom stereocenters. The molecule has 0 amide bonds. The smallest absolute Gasteiger partial charge is 0.0457 e. The molecule has 1 heterocycles. The number of para-hydroxylation sites is 1. The van der Waals surface area contributed by atoms with Gasteiger partial charge in [-0.15, -0.1) is 0 Å². The number of nitrogens with zero attached hydrogens (tertiary/aromatic N) is 1. The van der Waals surface area contributed by atoms with Crippen molar-refractivity contribution in [2.75, 3.05) is 10.6 Å². The zero-order valence-electron chi connectivity index (χ0n) is 11.4. The Morgan fingerprint density at radius 2 is 1.89 bits per heavy atom. The van der Waals surface area contributed by atoms with Crippen molar-refractivity contribution >= 4 is 11.4 Å². The van der Waals surface area contributed by atoms with Gasteiger partial charge in [0.15, 0.2) is 0 Å². The molecule has 19 heavy (non-hydrogen) atoms. The second-order valence-corrected chi connectivity index (χ2v) is 5.22. The third kappa shape index (κ3) is 2.19. The van der Waals surface area contributed by atoms with Crippen molar-refractivity contribution in [3.8, 4) is 0 Å². The summed E-state index contributed by atoms with van der Waals surface area (Å²) in [6.45, 7) is 4.14. The first-order valence-corrected chi connectivity index (χ1v) is 6.98. The predicted molar refractivity (Wildman–Crippen MR) is 81.2 cm³/mol. The van der Waals surface area contributed by atoms with Crippen molar-refractivity contribution in [2.24, 2.45) is 0 Å². The van der Waals surface area contributed by atoms with Gasteiger partial charge in [-0.2, -0.15) is 0 Å². The molecule has 0 radical (unpaired) electrons.